The minimum atomic E-state index is -0.174. The van der Waals surface area contributed by atoms with Crippen molar-refractivity contribution in [3.05, 3.63) is 29.8 Å². The van der Waals surface area contributed by atoms with Crippen molar-refractivity contribution in [3.8, 4) is 5.75 Å². The Morgan fingerprint density at radius 3 is 2.59 bits per heavy atom. The van der Waals surface area contributed by atoms with Crippen LogP contribution in [0.1, 0.15) is 29.6 Å². The van der Waals surface area contributed by atoms with Crippen LogP contribution >= 0.6 is 0 Å². The van der Waals surface area contributed by atoms with Gasteiger partial charge >= 0.3 is 0 Å². The van der Waals surface area contributed by atoms with Crippen molar-refractivity contribution in [2.45, 2.75) is 19.3 Å². The Hall–Kier alpha value is -1.55. The Bertz CT molecular complexity index is 365. The third-order valence-corrected chi connectivity index (χ3v) is 2.63. The highest BCUT2D eigenvalue weighted by atomic mass is 16.3. The van der Waals surface area contributed by atoms with Crippen LogP contribution in [0.15, 0.2) is 24.3 Å². The van der Waals surface area contributed by atoms with Gasteiger partial charge in [-0.1, -0.05) is 12.1 Å². The maximum Gasteiger partial charge on any atom is 0.257 e. The fourth-order valence-electron chi connectivity index (χ4n) is 1.60. The summed E-state index contributed by atoms with van der Waals surface area (Å²) < 4.78 is 0. The van der Waals surface area contributed by atoms with Gasteiger partial charge in [0.2, 0.25) is 0 Å². The second kappa shape index (κ2) is 6.91. The molecule has 1 aromatic carbocycles. The molecule has 17 heavy (non-hydrogen) atoms. The summed E-state index contributed by atoms with van der Waals surface area (Å²) in [4.78, 5) is 13.5. The first-order valence-corrected chi connectivity index (χ1v) is 5.81. The lowest BCUT2D eigenvalue weighted by Crippen LogP contribution is -2.27. The van der Waals surface area contributed by atoms with Crippen molar-refractivity contribution in [2.75, 3.05) is 20.2 Å². The maximum absolute atomic E-state index is 11.9. The minimum Gasteiger partial charge on any atom is -0.507 e. The number of phenols is 1. The van der Waals surface area contributed by atoms with Crippen LogP contribution in [0.2, 0.25) is 0 Å². The molecule has 1 amide bonds. The zero-order valence-electron chi connectivity index (χ0n) is 10.1. The summed E-state index contributed by atoms with van der Waals surface area (Å²) in [6, 6.07) is 6.54. The number of phenolic OH excluding ortho intramolecular Hbond substituents is 1. The topological polar surface area (TPSA) is 60.8 Å². The van der Waals surface area contributed by atoms with Gasteiger partial charge in [-0.3, -0.25) is 4.79 Å². The summed E-state index contributed by atoms with van der Waals surface area (Å²) in [6.07, 6.45) is 2.52. The van der Waals surface area contributed by atoms with Crippen LogP contribution in [0.3, 0.4) is 0 Å². The smallest absolute Gasteiger partial charge is 0.257 e. The first-order chi connectivity index (χ1) is 8.16. The molecule has 1 aromatic rings. The largest absolute Gasteiger partial charge is 0.507 e. The minimum absolute atomic E-state index is 0.0136. The summed E-state index contributed by atoms with van der Waals surface area (Å²) >= 11 is 0. The van der Waals surface area contributed by atoms with Crippen LogP contribution in [-0.2, 0) is 0 Å². The fraction of sp³-hybridized carbons (Fsp3) is 0.462. The zero-order chi connectivity index (χ0) is 12.7. The molecule has 0 aliphatic carbocycles. The summed E-state index contributed by atoms with van der Waals surface area (Å²) in [6.45, 7) is 0.824. The average molecular weight is 237 g/mol. The van der Waals surface area contributed by atoms with E-state index in [4.69, 9.17) is 5.11 Å². The molecule has 0 spiro atoms. The Morgan fingerprint density at radius 1 is 1.24 bits per heavy atom. The van der Waals surface area contributed by atoms with Gasteiger partial charge < -0.3 is 15.1 Å². The lowest BCUT2D eigenvalue weighted by atomic mass is 10.1. The molecule has 2 N–H and O–H groups in total. The number of hydrogen-bond acceptors (Lipinski definition) is 3. The molecule has 4 nitrogen and oxygen atoms in total. The van der Waals surface area contributed by atoms with Crippen molar-refractivity contribution < 1.29 is 15.0 Å². The normalized spacial score (nSPS) is 10.2. The molecule has 1 rings (SSSR count). The van der Waals surface area contributed by atoms with E-state index in [-0.39, 0.29) is 18.3 Å². The monoisotopic (exact) mass is 237 g/mol. The number of unbranched alkanes of at least 4 members (excludes halogenated alkanes) is 2. The van der Waals surface area contributed by atoms with Crippen molar-refractivity contribution in [1.82, 2.24) is 4.90 Å². The zero-order valence-corrected chi connectivity index (χ0v) is 10.1. The van der Waals surface area contributed by atoms with Crippen molar-refractivity contribution in [1.29, 1.82) is 0 Å². The summed E-state index contributed by atoms with van der Waals surface area (Å²) in [5.41, 5.74) is 0.331. The predicted octanol–water partition coefficient (Wildman–Crippen LogP) is 1.63. The van der Waals surface area contributed by atoms with Gasteiger partial charge in [-0.05, 0) is 31.4 Å². The van der Waals surface area contributed by atoms with E-state index in [1.807, 2.05) is 0 Å². The van der Waals surface area contributed by atoms with E-state index in [9.17, 15) is 9.90 Å². The molecule has 0 aliphatic heterocycles. The molecule has 0 aliphatic rings. The van der Waals surface area contributed by atoms with E-state index in [1.54, 1.807) is 30.1 Å². The molecule has 0 atom stereocenters. The number of rotatable bonds is 6. The van der Waals surface area contributed by atoms with Gasteiger partial charge in [0.15, 0.2) is 0 Å². The molecule has 0 bridgehead atoms. The summed E-state index contributed by atoms with van der Waals surface area (Å²) in [7, 11) is 1.72. The number of aliphatic hydroxyl groups excluding tert-OH is 1. The number of amides is 1. The second-order valence-electron chi connectivity index (χ2n) is 4.03. The van der Waals surface area contributed by atoms with Crippen LogP contribution < -0.4 is 0 Å². The highest BCUT2D eigenvalue weighted by Gasteiger charge is 2.14. The highest BCUT2D eigenvalue weighted by Crippen LogP contribution is 2.17. The van der Waals surface area contributed by atoms with Crippen LogP contribution in [0.4, 0.5) is 0 Å². The number of carbonyl (C=O) groups excluding carboxylic acids is 1. The van der Waals surface area contributed by atoms with E-state index in [0.29, 0.717) is 12.1 Å². The van der Waals surface area contributed by atoms with E-state index >= 15 is 0 Å². The molecule has 0 saturated carbocycles. The van der Waals surface area contributed by atoms with E-state index in [0.717, 1.165) is 19.3 Å². The standard InChI is InChI=1S/C13H19NO3/c1-14(9-5-2-6-10-15)13(17)11-7-3-4-8-12(11)16/h3-4,7-8,15-16H,2,5-6,9-10H2,1H3. The number of hydrogen-bond donors (Lipinski definition) is 2. The number of nitrogens with zero attached hydrogens (tertiary/aromatic N) is 1. The van der Waals surface area contributed by atoms with Crippen molar-refractivity contribution in [3.63, 3.8) is 0 Å². The van der Waals surface area contributed by atoms with Crippen molar-refractivity contribution in [2.24, 2.45) is 0 Å². The second-order valence-corrected chi connectivity index (χ2v) is 4.03. The Labute approximate surface area is 101 Å². The Morgan fingerprint density at radius 2 is 1.94 bits per heavy atom. The van der Waals surface area contributed by atoms with Crippen LogP contribution in [-0.4, -0.2) is 41.2 Å². The van der Waals surface area contributed by atoms with Gasteiger partial charge in [0.25, 0.3) is 5.91 Å². The maximum atomic E-state index is 11.9. The number of para-hydroxylation sites is 1. The molecular weight excluding hydrogens is 218 g/mol. The summed E-state index contributed by atoms with van der Waals surface area (Å²) in [5.74, 6) is -0.160. The molecule has 94 valence electrons. The highest BCUT2D eigenvalue weighted by molar-refractivity contribution is 5.96. The third-order valence-electron chi connectivity index (χ3n) is 2.63. The molecule has 4 heteroatoms. The predicted molar refractivity (Wildman–Crippen MR) is 66.0 cm³/mol. The molecule has 0 unspecified atom stereocenters. The number of benzene rings is 1. The van der Waals surface area contributed by atoms with E-state index < -0.39 is 0 Å². The number of carbonyl (C=O) groups is 1. The molecule has 0 heterocycles. The van der Waals surface area contributed by atoms with Gasteiger partial charge in [-0.25, -0.2) is 0 Å². The quantitative estimate of drug-likeness (QED) is 0.739. The molecule has 0 saturated heterocycles. The van der Waals surface area contributed by atoms with Gasteiger partial charge in [-0.15, -0.1) is 0 Å². The van der Waals surface area contributed by atoms with Crippen LogP contribution in [0, 0.1) is 0 Å². The molecule has 0 radical (unpaired) electrons. The van der Waals surface area contributed by atoms with Gasteiger partial charge in [0.1, 0.15) is 5.75 Å². The lowest BCUT2D eigenvalue weighted by molar-refractivity contribution is 0.0789. The Kier molecular flexibility index (Phi) is 5.49. The number of aliphatic hydroxyl groups is 1. The average Bonchev–Trinajstić information content (AvgIpc) is 2.34. The van der Waals surface area contributed by atoms with Gasteiger partial charge in [-0.2, -0.15) is 0 Å². The number of aromatic hydroxyl groups is 1. The molecular formula is C13H19NO3. The fourth-order valence-corrected chi connectivity index (χ4v) is 1.60. The first kappa shape index (κ1) is 13.5. The first-order valence-electron chi connectivity index (χ1n) is 5.81. The van der Waals surface area contributed by atoms with Crippen LogP contribution in [0.25, 0.3) is 0 Å². The Balaban J connectivity index is 2.49. The third kappa shape index (κ3) is 4.07. The van der Waals surface area contributed by atoms with Crippen LogP contribution in [0.5, 0.6) is 5.75 Å². The molecule has 0 fully saturated rings. The van der Waals surface area contributed by atoms with Gasteiger partial charge in [0, 0.05) is 20.2 Å². The van der Waals surface area contributed by atoms with Gasteiger partial charge in [0.05, 0.1) is 5.56 Å². The van der Waals surface area contributed by atoms with Crippen molar-refractivity contribution >= 4 is 5.91 Å². The van der Waals surface area contributed by atoms with E-state index in [1.165, 1.54) is 6.07 Å². The molecule has 0 aromatic heterocycles. The SMILES string of the molecule is CN(CCCCCO)C(=O)c1ccccc1O. The summed E-state index contributed by atoms with van der Waals surface area (Å²) in [5, 5.41) is 18.2. The van der Waals surface area contributed by atoms with E-state index in [2.05, 4.69) is 0 Å². The lowest BCUT2D eigenvalue weighted by Gasteiger charge is -2.17.